The minimum atomic E-state index is -0.967. The molecule has 6 heteroatoms. The Morgan fingerprint density at radius 2 is 1.67 bits per heavy atom. The number of amides is 1. The number of rotatable bonds is 4. The molecule has 0 spiro atoms. The first-order valence-electron chi connectivity index (χ1n) is 9.56. The molecule has 0 saturated carbocycles. The van der Waals surface area contributed by atoms with E-state index in [0.717, 1.165) is 28.3 Å². The maximum Gasteiger partial charge on any atom is 0.335 e. The Kier molecular flexibility index (Phi) is 4.83. The van der Waals surface area contributed by atoms with E-state index in [1.54, 1.807) is 18.2 Å². The monoisotopic (exact) mass is 399 g/mol. The van der Waals surface area contributed by atoms with Crippen LogP contribution in [0, 0.1) is 13.8 Å². The molecule has 1 aliphatic rings. The standard InChI is InChI=1S/C24H21N3O3/c1-15-12-19(17(3)26(15)21-11-7-8-18(13-21)24(29)30)14-22-16(2)25-27(23(22)28)20-9-5-4-6-10-20/h4-14H,1-3H3,(H,29,30). The van der Waals surface area contributed by atoms with Gasteiger partial charge in [0.15, 0.2) is 0 Å². The smallest absolute Gasteiger partial charge is 0.335 e. The van der Waals surface area contributed by atoms with Gasteiger partial charge in [-0.15, -0.1) is 0 Å². The molecule has 1 aromatic heterocycles. The van der Waals surface area contributed by atoms with Crippen molar-refractivity contribution in [2.45, 2.75) is 20.8 Å². The Bertz CT molecular complexity index is 1220. The van der Waals surface area contributed by atoms with E-state index in [-0.39, 0.29) is 11.5 Å². The second-order valence-corrected chi connectivity index (χ2v) is 7.21. The Hall–Kier alpha value is -3.93. The molecule has 30 heavy (non-hydrogen) atoms. The fourth-order valence-corrected chi connectivity index (χ4v) is 3.69. The van der Waals surface area contributed by atoms with Crippen molar-refractivity contribution < 1.29 is 14.7 Å². The predicted octanol–water partition coefficient (Wildman–Crippen LogP) is 4.60. The first-order chi connectivity index (χ1) is 14.4. The third-order valence-corrected chi connectivity index (χ3v) is 5.18. The number of nitrogens with zero attached hydrogens (tertiary/aromatic N) is 3. The van der Waals surface area contributed by atoms with Crippen LogP contribution >= 0.6 is 0 Å². The van der Waals surface area contributed by atoms with Crippen LogP contribution in [0.25, 0.3) is 11.8 Å². The van der Waals surface area contributed by atoms with Crippen LogP contribution < -0.4 is 5.01 Å². The SMILES string of the molecule is CC1=NN(c2ccccc2)C(=O)C1=Cc1cc(C)n(-c2cccc(C(=O)O)c2)c1C. The summed E-state index contributed by atoms with van der Waals surface area (Å²) in [5, 5.41) is 15.1. The maximum atomic E-state index is 13.0. The second-order valence-electron chi connectivity index (χ2n) is 7.21. The van der Waals surface area contributed by atoms with Crippen LogP contribution in [-0.4, -0.2) is 27.3 Å². The number of hydrazone groups is 1. The lowest BCUT2D eigenvalue weighted by Gasteiger charge is -2.11. The minimum Gasteiger partial charge on any atom is -0.478 e. The van der Waals surface area contributed by atoms with Crippen molar-refractivity contribution in [2.75, 3.05) is 5.01 Å². The van der Waals surface area contributed by atoms with Crippen molar-refractivity contribution in [1.82, 2.24) is 4.57 Å². The predicted molar refractivity (Wildman–Crippen MR) is 117 cm³/mol. The van der Waals surface area contributed by atoms with Gasteiger partial charge in [-0.2, -0.15) is 10.1 Å². The zero-order valence-corrected chi connectivity index (χ0v) is 17.0. The molecule has 150 valence electrons. The third-order valence-electron chi connectivity index (χ3n) is 5.18. The molecule has 4 rings (SSSR count). The number of carbonyl (C=O) groups is 2. The lowest BCUT2D eigenvalue weighted by Crippen LogP contribution is -2.21. The molecular formula is C24H21N3O3. The molecule has 3 aromatic rings. The Morgan fingerprint density at radius 1 is 0.967 bits per heavy atom. The highest BCUT2D eigenvalue weighted by molar-refractivity contribution is 6.32. The van der Waals surface area contributed by atoms with Crippen LogP contribution in [0.5, 0.6) is 0 Å². The second kappa shape index (κ2) is 7.48. The van der Waals surface area contributed by atoms with Gasteiger partial charge in [0.05, 0.1) is 22.5 Å². The highest BCUT2D eigenvalue weighted by Crippen LogP contribution is 2.28. The highest BCUT2D eigenvalue weighted by Gasteiger charge is 2.29. The number of hydrogen-bond donors (Lipinski definition) is 1. The van der Waals surface area contributed by atoms with Crippen molar-refractivity contribution in [3.8, 4) is 5.69 Å². The Morgan fingerprint density at radius 3 is 2.37 bits per heavy atom. The molecule has 0 saturated heterocycles. The van der Waals surface area contributed by atoms with Crippen molar-refractivity contribution in [2.24, 2.45) is 5.10 Å². The van der Waals surface area contributed by atoms with Gasteiger partial charge >= 0.3 is 5.97 Å². The summed E-state index contributed by atoms with van der Waals surface area (Å²) in [4.78, 5) is 24.3. The van der Waals surface area contributed by atoms with Crippen molar-refractivity contribution in [1.29, 1.82) is 0 Å². The normalized spacial score (nSPS) is 15.0. The van der Waals surface area contributed by atoms with E-state index >= 15 is 0 Å². The largest absolute Gasteiger partial charge is 0.478 e. The van der Waals surface area contributed by atoms with E-state index in [9.17, 15) is 14.7 Å². The summed E-state index contributed by atoms with van der Waals surface area (Å²) < 4.78 is 1.99. The molecule has 0 aliphatic carbocycles. The zero-order valence-electron chi connectivity index (χ0n) is 17.0. The molecule has 1 amide bonds. The maximum absolute atomic E-state index is 13.0. The quantitative estimate of drug-likeness (QED) is 0.652. The number of para-hydroxylation sites is 1. The molecule has 0 atom stereocenters. The molecule has 0 fully saturated rings. The molecule has 0 radical (unpaired) electrons. The van der Waals surface area contributed by atoms with Crippen LogP contribution in [0.1, 0.15) is 34.2 Å². The fourth-order valence-electron chi connectivity index (χ4n) is 3.69. The lowest BCUT2D eigenvalue weighted by atomic mass is 10.1. The summed E-state index contributed by atoms with van der Waals surface area (Å²) in [7, 11) is 0. The number of aryl methyl sites for hydroxylation is 1. The topological polar surface area (TPSA) is 74.9 Å². The van der Waals surface area contributed by atoms with Crippen molar-refractivity contribution in [3.05, 3.63) is 88.8 Å². The van der Waals surface area contributed by atoms with E-state index in [1.165, 1.54) is 5.01 Å². The van der Waals surface area contributed by atoms with Gasteiger partial charge in [-0.25, -0.2) is 4.79 Å². The van der Waals surface area contributed by atoms with Gasteiger partial charge in [0.2, 0.25) is 0 Å². The summed E-state index contributed by atoms with van der Waals surface area (Å²) in [5.41, 5.74) is 5.67. The Labute approximate surface area is 174 Å². The van der Waals surface area contributed by atoms with Gasteiger partial charge < -0.3 is 9.67 Å². The first-order valence-corrected chi connectivity index (χ1v) is 9.56. The average Bonchev–Trinajstić information content (AvgIpc) is 3.18. The summed E-state index contributed by atoms with van der Waals surface area (Å²) in [6.45, 7) is 5.73. The molecule has 1 N–H and O–H groups in total. The number of carboxylic acid groups (broad SMARTS) is 1. The van der Waals surface area contributed by atoms with Gasteiger partial charge in [0, 0.05) is 17.1 Å². The summed E-state index contributed by atoms with van der Waals surface area (Å²) in [6, 6.07) is 18.1. The van der Waals surface area contributed by atoms with Gasteiger partial charge in [-0.05, 0) is 68.8 Å². The van der Waals surface area contributed by atoms with E-state index in [1.807, 2.05) is 73.9 Å². The number of anilines is 1. The molecule has 6 nitrogen and oxygen atoms in total. The van der Waals surface area contributed by atoms with E-state index in [2.05, 4.69) is 5.10 Å². The number of carboxylic acids is 1. The molecule has 2 aromatic carbocycles. The number of aromatic nitrogens is 1. The summed E-state index contributed by atoms with van der Waals surface area (Å²) >= 11 is 0. The summed E-state index contributed by atoms with van der Waals surface area (Å²) in [6.07, 6.45) is 1.85. The molecule has 0 unspecified atom stereocenters. The van der Waals surface area contributed by atoms with Crippen LogP contribution in [-0.2, 0) is 4.79 Å². The van der Waals surface area contributed by atoms with Crippen LogP contribution in [0.3, 0.4) is 0 Å². The van der Waals surface area contributed by atoms with E-state index in [4.69, 9.17) is 0 Å². The first kappa shape index (κ1) is 19.4. The lowest BCUT2D eigenvalue weighted by molar-refractivity contribution is -0.114. The van der Waals surface area contributed by atoms with E-state index in [0.29, 0.717) is 11.3 Å². The van der Waals surface area contributed by atoms with Crippen molar-refractivity contribution >= 4 is 29.4 Å². The minimum absolute atomic E-state index is 0.170. The third kappa shape index (κ3) is 3.33. The summed E-state index contributed by atoms with van der Waals surface area (Å²) in [5.74, 6) is -1.14. The number of benzene rings is 2. The Balaban J connectivity index is 1.73. The van der Waals surface area contributed by atoms with Crippen LogP contribution in [0.15, 0.2) is 71.3 Å². The van der Waals surface area contributed by atoms with Gasteiger partial charge in [0.25, 0.3) is 5.91 Å². The molecule has 2 heterocycles. The molecular weight excluding hydrogens is 378 g/mol. The van der Waals surface area contributed by atoms with Gasteiger partial charge in [-0.3, -0.25) is 4.79 Å². The molecule has 0 bridgehead atoms. The fraction of sp³-hybridized carbons (Fsp3) is 0.125. The number of hydrogen-bond acceptors (Lipinski definition) is 3. The van der Waals surface area contributed by atoms with Crippen LogP contribution in [0.4, 0.5) is 5.69 Å². The van der Waals surface area contributed by atoms with Gasteiger partial charge in [-0.1, -0.05) is 24.3 Å². The molecule has 1 aliphatic heterocycles. The highest BCUT2D eigenvalue weighted by atomic mass is 16.4. The van der Waals surface area contributed by atoms with Crippen LogP contribution in [0.2, 0.25) is 0 Å². The number of aromatic carboxylic acids is 1. The van der Waals surface area contributed by atoms with E-state index < -0.39 is 5.97 Å². The zero-order chi connectivity index (χ0) is 21.4. The van der Waals surface area contributed by atoms with Gasteiger partial charge in [0.1, 0.15) is 0 Å². The van der Waals surface area contributed by atoms with Crippen molar-refractivity contribution in [3.63, 3.8) is 0 Å². The number of carbonyl (C=O) groups excluding carboxylic acids is 1. The average molecular weight is 399 g/mol.